The highest BCUT2D eigenvalue weighted by atomic mass is 16.4. The summed E-state index contributed by atoms with van der Waals surface area (Å²) in [7, 11) is 2.13. The first kappa shape index (κ1) is 23.3. The lowest BCUT2D eigenvalue weighted by Crippen LogP contribution is -2.53. The third kappa shape index (κ3) is 5.10. The SMILES string of the molecule is CCCC1C(C(=O)N2CCC(C#N)(c3ccccc3CCC(=O)O)CC2)CCCN1C. The van der Waals surface area contributed by atoms with Crippen LogP contribution in [0.3, 0.4) is 0 Å². The van der Waals surface area contributed by atoms with E-state index in [2.05, 4.69) is 24.9 Å². The number of aryl methyl sites for hydroxylation is 1. The predicted molar refractivity (Wildman–Crippen MR) is 120 cm³/mol. The Morgan fingerprint density at radius 3 is 2.58 bits per heavy atom. The third-order valence-corrected chi connectivity index (χ3v) is 7.24. The van der Waals surface area contributed by atoms with Gasteiger partial charge in [-0.1, -0.05) is 37.6 Å². The van der Waals surface area contributed by atoms with E-state index in [0.29, 0.717) is 38.4 Å². The molecule has 1 aromatic carbocycles. The van der Waals surface area contributed by atoms with Crippen molar-refractivity contribution in [2.45, 2.75) is 69.7 Å². The van der Waals surface area contributed by atoms with Gasteiger partial charge in [-0.05, 0) is 63.2 Å². The van der Waals surface area contributed by atoms with Crippen molar-refractivity contribution in [2.75, 3.05) is 26.7 Å². The maximum absolute atomic E-state index is 13.4. The van der Waals surface area contributed by atoms with Crippen LogP contribution < -0.4 is 0 Å². The van der Waals surface area contributed by atoms with Crippen LogP contribution in [0.2, 0.25) is 0 Å². The van der Waals surface area contributed by atoms with Gasteiger partial charge in [0.25, 0.3) is 0 Å². The van der Waals surface area contributed by atoms with E-state index in [1.165, 1.54) is 0 Å². The molecule has 168 valence electrons. The molecule has 6 heteroatoms. The van der Waals surface area contributed by atoms with Crippen LogP contribution in [-0.4, -0.2) is 59.5 Å². The third-order valence-electron chi connectivity index (χ3n) is 7.24. The van der Waals surface area contributed by atoms with Crippen molar-refractivity contribution in [3.8, 4) is 6.07 Å². The number of aliphatic carboxylic acids is 1. The van der Waals surface area contributed by atoms with E-state index in [0.717, 1.165) is 43.4 Å². The second-order valence-corrected chi connectivity index (χ2v) is 9.16. The number of carbonyl (C=O) groups is 2. The number of carbonyl (C=O) groups excluding carboxylic acids is 1. The Hall–Kier alpha value is -2.39. The monoisotopic (exact) mass is 425 g/mol. The molecule has 2 heterocycles. The largest absolute Gasteiger partial charge is 0.481 e. The minimum absolute atomic E-state index is 0.0520. The van der Waals surface area contributed by atoms with Crippen molar-refractivity contribution in [3.05, 3.63) is 35.4 Å². The van der Waals surface area contributed by atoms with Crippen LogP contribution in [0.4, 0.5) is 0 Å². The van der Waals surface area contributed by atoms with Crippen LogP contribution in [-0.2, 0) is 21.4 Å². The zero-order valence-electron chi connectivity index (χ0n) is 18.8. The van der Waals surface area contributed by atoms with Crippen LogP contribution in [0.1, 0.15) is 63.0 Å². The Labute approximate surface area is 185 Å². The summed E-state index contributed by atoms with van der Waals surface area (Å²) in [5, 5.41) is 19.2. The Balaban J connectivity index is 1.73. The smallest absolute Gasteiger partial charge is 0.303 e. The van der Waals surface area contributed by atoms with Gasteiger partial charge in [-0.2, -0.15) is 5.26 Å². The molecule has 1 amide bonds. The number of piperidine rings is 2. The molecular weight excluding hydrogens is 390 g/mol. The molecule has 0 radical (unpaired) electrons. The Kier molecular flexibility index (Phi) is 7.72. The van der Waals surface area contributed by atoms with E-state index in [4.69, 9.17) is 5.11 Å². The molecule has 0 aliphatic carbocycles. The summed E-state index contributed by atoms with van der Waals surface area (Å²) in [6, 6.07) is 10.6. The van der Waals surface area contributed by atoms with Gasteiger partial charge >= 0.3 is 5.97 Å². The van der Waals surface area contributed by atoms with Crippen molar-refractivity contribution >= 4 is 11.9 Å². The van der Waals surface area contributed by atoms with E-state index in [1.54, 1.807) is 0 Å². The molecule has 1 aromatic rings. The van der Waals surface area contributed by atoms with E-state index in [1.807, 2.05) is 29.2 Å². The number of benzene rings is 1. The van der Waals surface area contributed by atoms with Gasteiger partial charge in [0.15, 0.2) is 0 Å². The van der Waals surface area contributed by atoms with E-state index in [-0.39, 0.29) is 18.2 Å². The highest BCUT2D eigenvalue weighted by molar-refractivity contribution is 5.80. The minimum atomic E-state index is -0.833. The molecule has 2 atom stereocenters. The molecule has 0 saturated carbocycles. The Bertz CT molecular complexity index is 824. The summed E-state index contributed by atoms with van der Waals surface area (Å²) in [4.78, 5) is 28.8. The highest BCUT2D eigenvalue weighted by Gasteiger charge is 2.42. The number of carboxylic acids is 1. The number of nitrogens with zero attached hydrogens (tertiary/aromatic N) is 3. The number of likely N-dealkylation sites (tertiary alicyclic amines) is 2. The number of amides is 1. The fraction of sp³-hybridized carbons (Fsp3) is 0.640. The van der Waals surface area contributed by atoms with E-state index < -0.39 is 11.4 Å². The first-order chi connectivity index (χ1) is 14.9. The Morgan fingerprint density at radius 2 is 1.94 bits per heavy atom. The van der Waals surface area contributed by atoms with E-state index in [9.17, 15) is 14.9 Å². The molecule has 31 heavy (non-hydrogen) atoms. The second-order valence-electron chi connectivity index (χ2n) is 9.16. The summed E-state index contributed by atoms with van der Waals surface area (Å²) in [5.74, 6) is -0.535. The quantitative estimate of drug-likeness (QED) is 0.722. The summed E-state index contributed by atoms with van der Waals surface area (Å²) >= 11 is 0. The number of hydrogen-bond acceptors (Lipinski definition) is 4. The zero-order chi connectivity index (χ0) is 22.4. The van der Waals surface area contributed by atoms with Crippen molar-refractivity contribution in [2.24, 2.45) is 5.92 Å². The molecular formula is C25H35N3O3. The van der Waals surface area contributed by atoms with Crippen molar-refractivity contribution < 1.29 is 14.7 Å². The Morgan fingerprint density at radius 1 is 1.23 bits per heavy atom. The molecule has 3 rings (SSSR count). The summed E-state index contributed by atoms with van der Waals surface area (Å²) in [6.45, 7) is 4.39. The molecule has 0 spiro atoms. The summed E-state index contributed by atoms with van der Waals surface area (Å²) in [5.41, 5.74) is 1.22. The average molecular weight is 426 g/mol. The van der Waals surface area contributed by atoms with Crippen LogP contribution in [0.25, 0.3) is 0 Å². The lowest BCUT2D eigenvalue weighted by atomic mass is 9.71. The molecule has 2 aliphatic rings. The standard InChI is InChI=1S/C25H35N3O3/c1-3-7-22-20(9-6-15-27(22)2)24(31)28-16-13-25(18-26,14-17-28)21-10-5-4-8-19(21)11-12-23(29)30/h4-5,8,10,20,22H,3,6-7,9,11-17H2,1-2H3,(H,29,30). The van der Waals surface area contributed by atoms with Gasteiger partial charge in [-0.25, -0.2) is 0 Å². The average Bonchev–Trinajstić information content (AvgIpc) is 2.79. The molecule has 0 aromatic heterocycles. The van der Waals surface area contributed by atoms with Gasteiger partial charge in [0.1, 0.15) is 0 Å². The molecule has 0 bridgehead atoms. The van der Waals surface area contributed by atoms with Crippen molar-refractivity contribution in [1.82, 2.24) is 9.80 Å². The predicted octanol–water partition coefficient (Wildman–Crippen LogP) is 3.60. The lowest BCUT2D eigenvalue weighted by molar-refractivity contribution is -0.141. The molecule has 2 aliphatic heterocycles. The molecule has 2 unspecified atom stereocenters. The van der Waals surface area contributed by atoms with Crippen molar-refractivity contribution in [3.63, 3.8) is 0 Å². The number of nitriles is 1. The van der Waals surface area contributed by atoms with Gasteiger partial charge in [-0.3, -0.25) is 9.59 Å². The van der Waals surface area contributed by atoms with Gasteiger partial charge in [0.2, 0.25) is 5.91 Å². The summed E-state index contributed by atoms with van der Waals surface area (Å²) in [6.07, 6.45) is 5.79. The molecule has 6 nitrogen and oxygen atoms in total. The maximum Gasteiger partial charge on any atom is 0.303 e. The fourth-order valence-corrected chi connectivity index (χ4v) is 5.46. The number of hydrogen-bond donors (Lipinski definition) is 1. The summed E-state index contributed by atoms with van der Waals surface area (Å²) < 4.78 is 0. The number of carboxylic acid groups (broad SMARTS) is 1. The minimum Gasteiger partial charge on any atom is -0.481 e. The highest BCUT2D eigenvalue weighted by Crippen LogP contribution is 2.38. The molecule has 2 saturated heterocycles. The molecule has 1 N–H and O–H groups in total. The normalized spacial score (nSPS) is 23.8. The fourth-order valence-electron chi connectivity index (χ4n) is 5.46. The second kappa shape index (κ2) is 10.3. The van der Waals surface area contributed by atoms with Crippen LogP contribution in [0, 0.1) is 17.2 Å². The first-order valence-electron chi connectivity index (χ1n) is 11.6. The van der Waals surface area contributed by atoms with Crippen LogP contribution in [0.5, 0.6) is 0 Å². The molecule has 2 fully saturated rings. The maximum atomic E-state index is 13.4. The van der Waals surface area contributed by atoms with E-state index >= 15 is 0 Å². The zero-order valence-corrected chi connectivity index (χ0v) is 18.8. The first-order valence-corrected chi connectivity index (χ1v) is 11.6. The van der Waals surface area contributed by atoms with Crippen LogP contribution >= 0.6 is 0 Å². The van der Waals surface area contributed by atoms with Crippen LogP contribution in [0.15, 0.2) is 24.3 Å². The topological polar surface area (TPSA) is 84.6 Å². The van der Waals surface area contributed by atoms with Gasteiger partial charge < -0.3 is 14.9 Å². The lowest BCUT2D eigenvalue weighted by Gasteiger charge is -2.43. The van der Waals surface area contributed by atoms with Gasteiger partial charge in [0.05, 0.1) is 17.4 Å². The van der Waals surface area contributed by atoms with Gasteiger partial charge in [-0.15, -0.1) is 0 Å². The van der Waals surface area contributed by atoms with Gasteiger partial charge in [0, 0.05) is 25.6 Å². The van der Waals surface area contributed by atoms with Crippen molar-refractivity contribution in [1.29, 1.82) is 5.26 Å². The number of rotatable bonds is 7.